The Balaban J connectivity index is 1.56. The molecule has 3 heterocycles. The van der Waals surface area contributed by atoms with E-state index in [1.54, 1.807) is 24.4 Å². The number of amides is 1. The standard InChI is InChI=1S/C27H27ClN4O2/c1-19-17-32(18-20(2)34-19)26-23(8-5-21-6-9-25(28)10-7-21)14-24(16-31-26)27(33)30-12-3-4-22-11-13-29-15-22/h3-4,6-7,9-11,14-16,19-20H,12-13,17-18H2,1-2H3,(H,30,33)/b4-3+/t19-,20+. The smallest absolute Gasteiger partial charge is 0.253 e. The predicted molar refractivity (Wildman–Crippen MR) is 137 cm³/mol. The first-order chi connectivity index (χ1) is 16.5. The summed E-state index contributed by atoms with van der Waals surface area (Å²) in [5.74, 6) is 6.95. The Hall–Kier alpha value is -3.40. The first-order valence-electron chi connectivity index (χ1n) is 11.3. The molecule has 1 amide bonds. The van der Waals surface area contributed by atoms with Gasteiger partial charge in [-0.25, -0.2) is 4.98 Å². The summed E-state index contributed by atoms with van der Waals surface area (Å²) in [5, 5.41) is 3.57. The van der Waals surface area contributed by atoms with E-state index >= 15 is 0 Å². The summed E-state index contributed by atoms with van der Waals surface area (Å²) in [6.07, 6.45) is 9.47. The zero-order valence-electron chi connectivity index (χ0n) is 19.3. The Morgan fingerprint density at radius 2 is 2.00 bits per heavy atom. The van der Waals surface area contributed by atoms with E-state index in [1.807, 2.05) is 50.4 Å². The monoisotopic (exact) mass is 474 g/mol. The van der Waals surface area contributed by atoms with Gasteiger partial charge in [0.15, 0.2) is 0 Å². The van der Waals surface area contributed by atoms with Crippen LogP contribution in [-0.4, -0.2) is 55.5 Å². The highest BCUT2D eigenvalue weighted by Gasteiger charge is 2.25. The van der Waals surface area contributed by atoms with Crippen LogP contribution in [0.5, 0.6) is 0 Å². The molecule has 0 radical (unpaired) electrons. The topological polar surface area (TPSA) is 66.8 Å². The molecule has 1 aromatic heterocycles. The van der Waals surface area contributed by atoms with Crippen molar-refractivity contribution in [2.45, 2.75) is 26.1 Å². The number of nitrogens with zero attached hydrogens (tertiary/aromatic N) is 3. The van der Waals surface area contributed by atoms with Gasteiger partial charge in [-0.05, 0) is 49.8 Å². The minimum absolute atomic E-state index is 0.0809. The molecule has 2 atom stereocenters. The molecule has 2 aliphatic rings. The Kier molecular flexibility index (Phi) is 7.79. The van der Waals surface area contributed by atoms with Crippen LogP contribution in [0.25, 0.3) is 0 Å². The molecular weight excluding hydrogens is 448 g/mol. The largest absolute Gasteiger partial charge is 0.372 e. The van der Waals surface area contributed by atoms with Gasteiger partial charge in [0.25, 0.3) is 5.91 Å². The molecule has 0 spiro atoms. The molecule has 0 bridgehead atoms. The molecule has 0 aliphatic carbocycles. The lowest BCUT2D eigenvalue weighted by Crippen LogP contribution is -2.46. The average Bonchev–Trinajstić information content (AvgIpc) is 3.34. The summed E-state index contributed by atoms with van der Waals surface area (Å²) < 4.78 is 5.87. The van der Waals surface area contributed by atoms with E-state index in [4.69, 9.17) is 16.3 Å². The minimum atomic E-state index is -0.198. The number of aliphatic imine (C=N–C) groups is 1. The SMILES string of the molecule is C[C@@H]1CN(c2ncc(C(=O)NC/C=C/C3=CCN=C3)cc2C#Cc2ccc(Cl)cc2)C[C@H](C)O1. The first-order valence-corrected chi connectivity index (χ1v) is 11.7. The fourth-order valence-electron chi connectivity index (χ4n) is 3.88. The predicted octanol–water partition coefficient (Wildman–Crippen LogP) is 4.05. The highest BCUT2D eigenvalue weighted by atomic mass is 35.5. The quantitative estimate of drug-likeness (QED) is 0.664. The van der Waals surface area contributed by atoms with Crippen LogP contribution < -0.4 is 10.2 Å². The van der Waals surface area contributed by atoms with Gasteiger partial charge >= 0.3 is 0 Å². The number of rotatable bonds is 5. The van der Waals surface area contributed by atoms with Crippen LogP contribution in [0, 0.1) is 11.8 Å². The number of nitrogens with one attached hydrogen (secondary N) is 1. The third-order valence-electron chi connectivity index (χ3n) is 5.40. The minimum Gasteiger partial charge on any atom is -0.372 e. The van der Waals surface area contributed by atoms with E-state index in [9.17, 15) is 4.79 Å². The fraction of sp³-hybridized carbons (Fsp3) is 0.296. The molecule has 1 N–H and O–H groups in total. The Morgan fingerprint density at radius 3 is 2.71 bits per heavy atom. The third-order valence-corrected chi connectivity index (χ3v) is 5.65. The van der Waals surface area contributed by atoms with Gasteiger partial charge < -0.3 is 15.0 Å². The van der Waals surface area contributed by atoms with Gasteiger partial charge in [-0.2, -0.15) is 0 Å². The molecule has 1 saturated heterocycles. The van der Waals surface area contributed by atoms with Gasteiger partial charge in [0, 0.05) is 42.6 Å². The lowest BCUT2D eigenvalue weighted by Gasteiger charge is -2.36. The first kappa shape index (κ1) is 23.7. The van der Waals surface area contributed by atoms with Gasteiger partial charge in [-0.15, -0.1) is 0 Å². The number of ether oxygens (including phenoxy) is 1. The summed E-state index contributed by atoms with van der Waals surface area (Å²) in [7, 11) is 0. The van der Waals surface area contributed by atoms with Crippen molar-refractivity contribution in [2.24, 2.45) is 4.99 Å². The van der Waals surface area contributed by atoms with Crippen molar-refractivity contribution in [1.29, 1.82) is 0 Å². The summed E-state index contributed by atoms with van der Waals surface area (Å²) in [6, 6.07) is 9.16. The number of pyridine rings is 1. The lowest BCUT2D eigenvalue weighted by atomic mass is 10.1. The van der Waals surface area contributed by atoms with Gasteiger partial charge in [0.2, 0.25) is 0 Å². The molecule has 2 aliphatic heterocycles. The van der Waals surface area contributed by atoms with Crippen LogP contribution in [0.3, 0.4) is 0 Å². The second kappa shape index (κ2) is 11.1. The maximum atomic E-state index is 12.8. The van der Waals surface area contributed by atoms with Crippen molar-refractivity contribution in [3.63, 3.8) is 0 Å². The fourth-order valence-corrected chi connectivity index (χ4v) is 4.00. The third kappa shape index (κ3) is 6.34. The van der Waals surface area contributed by atoms with Crippen molar-refractivity contribution in [2.75, 3.05) is 31.1 Å². The van der Waals surface area contributed by atoms with Crippen LogP contribution in [0.15, 0.2) is 65.3 Å². The summed E-state index contributed by atoms with van der Waals surface area (Å²) in [5.41, 5.74) is 3.05. The van der Waals surface area contributed by atoms with Crippen molar-refractivity contribution in [3.8, 4) is 11.8 Å². The number of morpholine rings is 1. The Morgan fingerprint density at radius 1 is 1.24 bits per heavy atom. The number of carbonyl (C=O) groups excluding carboxylic acids is 1. The van der Waals surface area contributed by atoms with Gasteiger partial charge in [-0.3, -0.25) is 9.79 Å². The molecule has 1 fully saturated rings. The van der Waals surface area contributed by atoms with Crippen LogP contribution in [0.1, 0.15) is 35.3 Å². The second-order valence-electron chi connectivity index (χ2n) is 8.33. The highest BCUT2D eigenvalue weighted by Crippen LogP contribution is 2.23. The van der Waals surface area contributed by atoms with E-state index < -0.39 is 0 Å². The van der Waals surface area contributed by atoms with E-state index in [2.05, 4.69) is 32.0 Å². The number of halogens is 1. The van der Waals surface area contributed by atoms with Crippen molar-refractivity contribution < 1.29 is 9.53 Å². The molecule has 6 nitrogen and oxygen atoms in total. The molecule has 4 rings (SSSR count). The Bertz CT molecular complexity index is 1180. The molecule has 2 aromatic rings. The van der Waals surface area contributed by atoms with Crippen LogP contribution in [0.2, 0.25) is 5.02 Å². The van der Waals surface area contributed by atoms with Gasteiger partial charge in [0.05, 0.1) is 29.9 Å². The van der Waals surface area contributed by atoms with E-state index in [0.717, 1.165) is 17.0 Å². The molecule has 0 unspecified atom stereocenters. The van der Waals surface area contributed by atoms with Gasteiger partial charge in [-0.1, -0.05) is 41.7 Å². The second-order valence-corrected chi connectivity index (χ2v) is 8.76. The number of carbonyl (C=O) groups is 1. The lowest BCUT2D eigenvalue weighted by molar-refractivity contribution is -0.00547. The zero-order chi connectivity index (χ0) is 23.9. The van der Waals surface area contributed by atoms with Crippen molar-refractivity contribution >= 4 is 29.5 Å². The highest BCUT2D eigenvalue weighted by molar-refractivity contribution is 6.30. The number of aromatic nitrogens is 1. The number of hydrogen-bond acceptors (Lipinski definition) is 5. The summed E-state index contributed by atoms with van der Waals surface area (Å²) in [6.45, 7) is 6.64. The molecule has 0 saturated carbocycles. The van der Waals surface area contributed by atoms with Crippen LogP contribution in [-0.2, 0) is 4.74 Å². The number of allylic oxidation sites excluding steroid dienone is 2. The maximum absolute atomic E-state index is 12.8. The molecule has 7 heteroatoms. The van der Waals surface area contributed by atoms with Crippen LogP contribution >= 0.6 is 11.6 Å². The number of hydrogen-bond donors (Lipinski definition) is 1. The normalized spacial score (nSPS) is 19.6. The van der Waals surface area contributed by atoms with E-state index in [1.165, 1.54) is 0 Å². The van der Waals surface area contributed by atoms with Gasteiger partial charge in [0.1, 0.15) is 5.82 Å². The summed E-state index contributed by atoms with van der Waals surface area (Å²) in [4.78, 5) is 23.7. The van der Waals surface area contributed by atoms with Crippen molar-refractivity contribution in [3.05, 3.63) is 82.0 Å². The van der Waals surface area contributed by atoms with E-state index in [-0.39, 0.29) is 18.1 Å². The zero-order valence-corrected chi connectivity index (χ0v) is 20.0. The van der Waals surface area contributed by atoms with Crippen molar-refractivity contribution in [1.82, 2.24) is 10.3 Å². The molecule has 174 valence electrons. The van der Waals surface area contributed by atoms with Crippen LogP contribution in [0.4, 0.5) is 5.82 Å². The number of benzene rings is 1. The Labute approximate surface area is 205 Å². The maximum Gasteiger partial charge on any atom is 0.253 e. The molecule has 34 heavy (non-hydrogen) atoms. The summed E-state index contributed by atoms with van der Waals surface area (Å²) >= 11 is 5.99. The molecule has 1 aromatic carbocycles. The molecular formula is C27H27ClN4O2. The van der Waals surface area contributed by atoms with E-state index in [0.29, 0.717) is 42.3 Å². The number of anilines is 1. The average molecular weight is 475 g/mol.